The molecule has 0 bridgehead atoms. The molecule has 0 spiro atoms. The van der Waals surface area contributed by atoms with Crippen molar-refractivity contribution < 1.29 is 4.79 Å². The Morgan fingerprint density at radius 2 is 2.00 bits per heavy atom. The molecule has 2 N–H and O–H groups in total. The van der Waals surface area contributed by atoms with Gasteiger partial charge in [-0.1, -0.05) is 33.6 Å². The standard InChI is InChI=1S/C15H30N2O/c1-15(2,3)11-17(4)14(18)13-7-5-6-12(10-13)8-9-16/h12-13H,5-11,16H2,1-4H3. The van der Waals surface area contributed by atoms with Crippen molar-refractivity contribution in [3.63, 3.8) is 0 Å². The monoisotopic (exact) mass is 254 g/mol. The molecule has 0 heterocycles. The minimum Gasteiger partial charge on any atom is -0.345 e. The lowest BCUT2D eigenvalue weighted by Gasteiger charge is -2.33. The number of hydrogen-bond acceptors (Lipinski definition) is 2. The average molecular weight is 254 g/mol. The second kappa shape index (κ2) is 6.55. The fraction of sp³-hybridized carbons (Fsp3) is 0.933. The molecule has 0 aromatic carbocycles. The van der Waals surface area contributed by atoms with Gasteiger partial charge in [0.2, 0.25) is 5.91 Å². The third kappa shape index (κ3) is 4.97. The highest BCUT2D eigenvalue weighted by atomic mass is 16.2. The Morgan fingerprint density at radius 1 is 1.33 bits per heavy atom. The van der Waals surface area contributed by atoms with Crippen molar-refractivity contribution >= 4 is 5.91 Å². The van der Waals surface area contributed by atoms with Crippen LogP contribution in [0, 0.1) is 17.3 Å². The molecule has 0 aromatic heterocycles. The maximum absolute atomic E-state index is 12.4. The highest BCUT2D eigenvalue weighted by Crippen LogP contribution is 2.32. The minimum atomic E-state index is 0.176. The van der Waals surface area contributed by atoms with Crippen molar-refractivity contribution in [3.8, 4) is 0 Å². The Hall–Kier alpha value is -0.570. The first-order valence-corrected chi connectivity index (χ1v) is 7.28. The van der Waals surface area contributed by atoms with Gasteiger partial charge in [-0.05, 0) is 37.1 Å². The molecule has 0 aromatic rings. The summed E-state index contributed by atoms with van der Waals surface area (Å²) in [5.74, 6) is 1.25. The Labute approximate surface area is 112 Å². The zero-order valence-corrected chi connectivity index (χ0v) is 12.5. The van der Waals surface area contributed by atoms with Crippen LogP contribution < -0.4 is 5.73 Å². The van der Waals surface area contributed by atoms with E-state index in [9.17, 15) is 4.79 Å². The van der Waals surface area contributed by atoms with E-state index in [4.69, 9.17) is 5.73 Å². The van der Waals surface area contributed by atoms with Crippen LogP contribution in [0.5, 0.6) is 0 Å². The first-order valence-electron chi connectivity index (χ1n) is 7.28. The number of hydrogen-bond donors (Lipinski definition) is 1. The molecular formula is C15H30N2O. The fourth-order valence-electron chi connectivity index (χ4n) is 3.11. The molecule has 106 valence electrons. The van der Waals surface area contributed by atoms with Gasteiger partial charge in [0.05, 0.1) is 0 Å². The van der Waals surface area contributed by atoms with Crippen LogP contribution in [0.15, 0.2) is 0 Å². The average Bonchev–Trinajstić information content (AvgIpc) is 2.26. The first-order chi connectivity index (χ1) is 8.33. The largest absolute Gasteiger partial charge is 0.345 e. The second-order valence-corrected chi connectivity index (χ2v) is 7.06. The molecule has 1 aliphatic carbocycles. The normalized spacial score (nSPS) is 24.9. The lowest BCUT2D eigenvalue weighted by Crippen LogP contribution is -2.40. The molecule has 2 unspecified atom stereocenters. The molecule has 0 saturated heterocycles. The van der Waals surface area contributed by atoms with Gasteiger partial charge in [-0.3, -0.25) is 4.79 Å². The van der Waals surface area contributed by atoms with Crippen molar-refractivity contribution in [1.82, 2.24) is 4.90 Å². The lowest BCUT2D eigenvalue weighted by atomic mass is 9.79. The van der Waals surface area contributed by atoms with Crippen molar-refractivity contribution in [1.29, 1.82) is 0 Å². The summed E-state index contributed by atoms with van der Waals surface area (Å²) in [5, 5.41) is 0. The summed E-state index contributed by atoms with van der Waals surface area (Å²) in [4.78, 5) is 14.3. The Kier molecular flexibility index (Phi) is 5.64. The quantitative estimate of drug-likeness (QED) is 0.838. The van der Waals surface area contributed by atoms with E-state index < -0.39 is 0 Å². The zero-order chi connectivity index (χ0) is 13.8. The molecule has 1 fully saturated rings. The van der Waals surface area contributed by atoms with Crippen LogP contribution in [0.2, 0.25) is 0 Å². The predicted octanol–water partition coefficient (Wildman–Crippen LogP) is 2.65. The van der Waals surface area contributed by atoms with E-state index in [0.29, 0.717) is 11.8 Å². The van der Waals surface area contributed by atoms with E-state index in [-0.39, 0.29) is 11.3 Å². The minimum absolute atomic E-state index is 0.176. The van der Waals surface area contributed by atoms with Gasteiger partial charge >= 0.3 is 0 Å². The second-order valence-electron chi connectivity index (χ2n) is 7.06. The van der Waals surface area contributed by atoms with Crippen molar-refractivity contribution in [2.24, 2.45) is 23.0 Å². The maximum Gasteiger partial charge on any atom is 0.225 e. The van der Waals surface area contributed by atoms with Gasteiger partial charge < -0.3 is 10.6 Å². The Morgan fingerprint density at radius 3 is 2.56 bits per heavy atom. The summed E-state index contributed by atoms with van der Waals surface area (Å²) < 4.78 is 0. The lowest BCUT2D eigenvalue weighted by molar-refractivity contribution is -0.137. The third-order valence-corrected chi connectivity index (χ3v) is 3.79. The maximum atomic E-state index is 12.4. The molecule has 1 amide bonds. The van der Waals surface area contributed by atoms with E-state index in [1.165, 1.54) is 12.8 Å². The highest BCUT2D eigenvalue weighted by molar-refractivity contribution is 5.78. The Bertz CT molecular complexity index is 268. The van der Waals surface area contributed by atoms with Gasteiger partial charge in [0, 0.05) is 19.5 Å². The van der Waals surface area contributed by atoms with Crippen molar-refractivity contribution in [3.05, 3.63) is 0 Å². The van der Waals surface area contributed by atoms with Crippen LogP contribution in [0.25, 0.3) is 0 Å². The zero-order valence-electron chi connectivity index (χ0n) is 12.5. The van der Waals surface area contributed by atoms with Gasteiger partial charge in [0.1, 0.15) is 0 Å². The predicted molar refractivity (Wildman–Crippen MR) is 76.2 cm³/mol. The SMILES string of the molecule is CN(CC(C)(C)C)C(=O)C1CCCC(CCN)C1. The van der Waals surface area contributed by atoms with Crippen LogP contribution in [0.3, 0.4) is 0 Å². The molecule has 1 aliphatic rings. The summed E-state index contributed by atoms with van der Waals surface area (Å²) >= 11 is 0. The topological polar surface area (TPSA) is 46.3 Å². The molecule has 1 saturated carbocycles. The number of nitrogens with zero attached hydrogens (tertiary/aromatic N) is 1. The molecule has 3 nitrogen and oxygen atoms in total. The van der Waals surface area contributed by atoms with E-state index in [2.05, 4.69) is 20.8 Å². The van der Waals surface area contributed by atoms with Crippen LogP contribution in [0.1, 0.15) is 52.9 Å². The van der Waals surface area contributed by atoms with Gasteiger partial charge in [-0.25, -0.2) is 0 Å². The number of carbonyl (C=O) groups is 1. The summed E-state index contributed by atoms with van der Waals surface area (Å²) in [5.41, 5.74) is 5.80. The van der Waals surface area contributed by atoms with Crippen LogP contribution in [0.4, 0.5) is 0 Å². The molecule has 18 heavy (non-hydrogen) atoms. The van der Waals surface area contributed by atoms with Crippen molar-refractivity contribution in [2.75, 3.05) is 20.1 Å². The molecule has 0 radical (unpaired) electrons. The molecule has 1 rings (SSSR count). The summed E-state index contributed by atoms with van der Waals surface area (Å²) in [6.45, 7) is 8.12. The molecule has 0 aliphatic heterocycles. The van der Waals surface area contributed by atoms with E-state index in [0.717, 1.165) is 32.4 Å². The number of nitrogens with two attached hydrogens (primary N) is 1. The van der Waals surface area contributed by atoms with E-state index in [1.807, 2.05) is 11.9 Å². The van der Waals surface area contributed by atoms with Crippen LogP contribution in [-0.2, 0) is 4.79 Å². The molecule has 3 heteroatoms. The van der Waals surface area contributed by atoms with Crippen LogP contribution in [-0.4, -0.2) is 30.9 Å². The summed E-state index contributed by atoms with van der Waals surface area (Å²) in [6.07, 6.45) is 5.63. The number of carbonyl (C=O) groups excluding carboxylic acids is 1. The highest BCUT2D eigenvalue weighted by Gasteiger charge is 2.29. The number of rotatable bonds is 4. The van der Waals surface area contributed by atoms with Gasteiger partial charge in [0.15, 0.2) is 0 Å². The van der Waals surface area contributed by atoms with Gasteiger partial charge in [-0.15, -0.1) is 0 Å². The van der Waals surface area contributed by atoms with Gasteiger partial charge in [0.25, 0.3) is 0 Å². The van der Waals surface area contributed by atoms with Gasteiger partial charge in [-0.2, -0.15) is 0 Å². The first kappa shape index (κ1) is 15.5. The van der Waals surface area contributed by atoms with Crippen molar-refractivity contribution in [2.45, 2.75) is 52.9 Å². The molecular weight excluding hydrogens is 224 g/mol. The van der Waals surface area contributed by atoms with Crippen LogP contribution >= 0.6 is 0 Å². The Balaban J connectivity index is 2.50. The smallest absolute Gasteiger partial charge is 0.225 e. The summed E-state index contributed by atoms with van der Waals surface area (Å²) in [6, 6.07) is 0. The van der Waals surface area contributed by atoms with E-state index in [1.54, 1.807) is 0 Å². The van der Waals surface area contributed by atoms with E-state index >= 15 is 0 Å². The fourth-order valence-corrected chi connectivity index (χ4v) is 3.11. The number of amides is 1. The third-order valence-electron chi connectivity index (χ3n) is 3.79. The summed E-state index contributed by atoms with van der Waals surface area (Å²) in [7, 11) is 1.94. The molecule has 2 atom stereocenters.